The number of guanidine groups is 1. The van der Waals surface area contributed by atoms with Crippen LogP contribution in [-0.2, 0) is 4.79 Å². The van der Waals surface area contributed by atoms with Crippen molar-refractivity contribution in [2.45, 2.75) is 0 Å². The van der Waals surface area contributed by atoms with E-state index in [2.05, 4.69) is 49.7 Å². The lowest BCUT2D eigenvalue weighted by Crippen LogP contribution is -2.53. The van der Waals surface area contributed by atoms with Crippen LogP contribution in [0.5, 0.6) is 0 Å². The molecule has 2 aliphatic rings. The number of imide groups is 1. The lowest BCUT2D eigenvalue weighted by atomic mass is 10.2. The quantitative estimate of drug-likeness (QED) is 0.423. The minimum Gasteiger partial charge on any atom is -0.354 e. The highest BCUT2D eigenvalue weighted by molar-refractivity contribution is 6.01. The van der Waals surface area contributed by atoms with Gasteiger partial charge >= 0.3 is 6.03 Å². The minimum atomic E-state index is -0.320. The first-order chi connectivity index (χ1) is 13.7. The highest BCUT2D eigenvalue weighted by Crippen LogP contribution is 2.05. The van der Waals surface area contributed by atoms with Gasteiger partial charge in [-0.2, -0.15) is 0 Å². The van der Waals surface area contributed by atoms with Gasteiger partial charge in [0.1, 0.15) is 0 Å². The highest BCUT2D eigenvalue weighted by Gasteiger charge is 2.28. The van der Waals surface area contributed by atoms with E-state index in [9.17, 15) is 9.59 Å². The summed E-state index contributed by atoms with van der Waals surface area (Å²) in [7, 11) is 1.75. The second-order valence-electron chi connectivity index (χ2n) is 6.78. The summed E-state index contributed by atoms with van der Waals surface area (Å²) in [5.41, 5.74) is 1.22. The van der Waals surface area contributed by atoms with Crippen LogP contribution in [0.15, 0.2) is 41.4 Å². The molecule has 0 bridgehead atoms. The summed E-state index contributed by atoms with van der Waals surface area (Å²) in [4.78, 5) is 33.4. The molecule has 8 heteroatoms. The molecular weight excluding hydrogens is 356 g/mol. The van der Waals surface area contributed by atoms with Crippen molar-refractivity contribution in [1.82, 2.24) is 25.3 Å². The van der Waals surface area contributed by atoms with Crippen LogP contribution in [0, 0.1) is 0 Å². The molecule has 0 saturated carbocycles. The fourth-order valence-electron chi connectivity index (χ4n) is 3.34. The highest BCUT2D eigenvalue weighted by atomic mass is 16.2. The maximum Gasteiger partial charge on any atom is 0.324 e. The zero-order valence-corrected chi connectivity index (χ0v) is 16.3. The van der Waals surface area contributed by atoms with Crippen LogP contribution in [0.2, 0.25) is 0 Å². The Kier molecular flexibility index (Phi) is 7.02. The fourth-order valence-corrected chi connectivity index (χ4v) is 3.34. The molecule has 3 amide bonds. The molecule has 28 heavy (non-hydrogen) atoms. The Balaban J connectivity index is 1.38. The van der Waals surface area contributed by atoms with E-state index in [0.717, 1.165) is 38.7 Å². The summed E-state index contributed by atoms with van der Waals surface area (Å²) >= 11 is 0. The molecule has 0 aliphatic carbocycles. The molecule has 0 radical (unpaired) electrons. The number of urea groups is 1. The first-order valence-electron chi connectivity index (χ1n) is 9.65. The van der Waals surface area contributed by atoms with E-state index in [4.69, 9.17) is 0 Å². The van der Waals surface area contributed by atoms with Gasteiger partial charge in [-0.05, 0) is 5.56 Å². The van der Waals surface area contributed by atoms with E-state index in [0.29, 0.717) is 13.1 Å². The third kappa shape index (κ3) is 5.32. The van der Waals surface area contributed by atoms with Crippen LogP contribution >= 0.6 is 0 Å². The molecule has 0 aromatic heterocycles. The number of benzene rings is 1. The standard InChI is InChI=1S/C20H28N6O2/c1-21-19(22-9-11-26-18(27)16-23-20(26)28)25-14-12-24(13-15-25)10-5-8-17-6-3-2-4-7-17/h2-8H,9-16H2,1H3,(H,21,22)(H,23,28)/b8-5+. The van der Waals surface area contributed by atoms with E-state index >= 15 is 0 Å². The maximum absolute atomic E-state index is 11.6. The largest absolute Gasteiger partial charge is 0.354 e. The number of hydrogen-bond donors (Lipinski definition) is 2. The van der Waals surface area contributed by atoms with Gasteiger partial charge in [-0.3, -0.25) is 19.6 Å². The molecule has 3 rings (SSSR count). The van der Waals surface area contributed by atoms with Gasteiger partial charge in [0.05, 0.1) is 6.54 Å². The predicted molar refractivity (Wildman–Crippen MR) is 110 cm³/mol. The van der Waals surface area contributed by atoms with Crippen LogP contribution < -0.4 is 10.6 Å². The summed E-state index contributed by atoms with van der Waals surface area (Å²) in [6.07, 6.45) is 4.36. The zero-order valence-electron chi connectivity index (χ0n) is 16.3. The second-order valence-corrected chi connectivity index (χ2v) is 6.78. The van der Waals surface area contributed by atoms with Crippen LogP contribution in [-0.4, -0.2) is 92.0 Å². The van der Waals surface area contributed by atoms with Gasteiger partial charge in [-0.15, -0.1) is 0 Å². The average molecular weight is 384 g/mol. The Morgan fingerprint density at radius 1 is 1.18 bits per heavy atom. The van der Waals surface area contributed by atoms with Gasteiger partial charge in [0.2, 0.25) is 5.91 Å². The molecule has 0 unspecified atom stereocenters. The van der Waals surface area contributed by atoms with Gasteiger partial charge in [0.15, 0.2) is 5.96 Å². The summed E-state index contributed by atoms with van der Waals surface area (Å²) in [6, 6.07) is 9.99. The number of rotatable bonds is 6. The first kappa shape index (κ1) is 19.9. The third-order valence-electron chi connectivity index (χ3n) is 4.91. The minimum absolute atomic E-state index is 0.0915. The van der Waals surface area contributed by atoms with Crippen molar-refractivity contribution in [2.24, 2.45) is 4.99 Å². The van der Waals surface area contributed by atoms with Crippen molar-refractivity contribution < 1.29 is 9.59 Å². The Morgan fingerprint density at radius 2 is 1.93 bits per heavy atom. The molecule has 0 spiro atoms. The van der Waals surface area contributed by atoms with Crippen molar-refractivity contribution in [3.8, 4) is 0 Å². The molecule has 150 valence electrons. The summed E-state index contributed by atoms with van der Waals surface area (Å²) < 4.78 is 0. The number of carbonyl (C=O) groups excluding carboxylic acids is 2. The van der Waals surface area contributed by atoms with Crippen LogP contribution in [0.4, 0.5) is 4.79 Å². The van der Waals surface area contributed by atoms with Crippen molar-refractivity contribution >= 4 is 24.0 Å². The van der Waals surface area contributed by atoms with Crippen molar-refractivity contribution in [3.05, 3.63) is 42.0 Å². The van der Waals surface area contributed by atoms with Crippen LogP contribution in [0.3, 0.4) is 0 Å². The van der Waals surface area contributed by atoms with E-state index < -0.39 is 0 Å². The number of nitrogens with zero attached hydrogens (tertiary/aromatic N) is 4. The molecule has 2 saturated heterocycles. The summed E-state index contributed by atoms with van der Waals surface area (Å²) in [6.45, 7) is 5.57. The zero-order chi connectivity index (χ0) is 19.8. The molecular formula is C20H28N6O2. The van der Waals surface area contributed by atoms with Gasteiger partial charge in [0.25, 0.3) is 0 Å². The van der Waals surface area contributed by atoms with Crippen molar-refractivity contribution in [3.63, 3.8) is 0 Å². The summed E-state index contributed by atoms with van der Waals surface area (Å²) in [5, 5.41) is 5.78. The van der Waals surface area contributed by atoms with E-state index in [1.807, 2.05) is 18.2 Å². The molecule has 1 aromatic rings. The third-order valence-corrected chi connectivity index (χ3v) is 4.91. The molecule has 2 heterocycles. The number of hydrogen-bond acceptors (Lipinski definition) is 4. The Morgan fingerprint density at radius 3 is 2.57 bits per heavy atom. The molecule has 1 aromatic carbocycles. The van der Waals surface area contributed by atoms with E-state index in [1.165, 1.54) is 10.5 Å². The maximum atomic E-state index is 11.6. The lowest BCUT2D eigenvalue weighted by molar-refractivity contribution is -0.124. The SMILES string of the molecule is CN=C(NCCN1C(=O)CNC1=O)N1CCN(C/C=C/c2ccccc2)CC1. The molecule has 8 nitrogen and oxygen atoms in total. The predicted octanol–water partition coefficient (Wildman–Crippen LogP) is 0.445. The first-order valence-corrected chi connectivity index (χ1v) is 9.65. The van der Waals surface area contributed by atoms with Crippen molar-refractivity contribution in [2.75, 3.05) is 59.4 Å². The molecule has 0 atom stereocenters. The Labute approximate surface area is 165 Å². The number of aliphatic imine (C=N–C) groups is 1. The van der Waals surface area contributed by atoms with Gasteiger partial charge < -0.3 is 15.5 Å². The Hall–Kier alpha value is -2.87. The molecule has 2 aliphatic heterocycles. The van der Waals surface area contributed by atoms with Crippen LogP contribution in [0.1, 0.15) is 5.56 Å². The van der Waals surface area contributed by atoms with Gasteiger partial charge in [-0.25, -0.2) is 4.79 Å². The summed E-state index contributed by atoms with van der Waals surface area (Å²) in [5.74, 6) is 0.630. The fraction of sp³-hybridized carbons (Fsp3) is 0.450. The molecule has 2 fully saturated rings. The van der Waals surface area contributed by atoms with E-state index in [-0.39, 0.29) is 18.5 Å². The van der Waals surface area contributed by atoms with Gasteiger partial charge in [0, 0.05) is 52.9 Å². The second kappa shape index (κ2) is 9.89. The van der Waals surface area contributed by atoms with Crippen LogP contribution in [0.25, 0.3) is 6.08 Å². The number of amides is 3. The van der Waals surface area contributed by atoms with E-state index in [1.54, 1.807) is 7.05 Å². The number of piperazine rings is 1. The van der Waals surface area contributed by atoms with Gasteiger partial charge in [-0.1, -0.05) is 42.5 Å². The smallest absolute Gasteiger partial charge is 0.324 e. The topological polar surface area (TPSA) is 80.3 Å². The molecule has 2 N–H and O–H groups in total. The van der Waals surface area contributed by atoms with Crippen molar-refractivity contribution in [1.29, 1.82) is 0 Å². The monoisotopic (exact) mass is 384 g/mol. The lowest BCUT2D eigenvalue weighted by Gasteiger charge is -2.36. The number of nitrogens with one attached hydrogen (secondary N) is 2. The Bertz CT molecular complexity index is 709. The number of carbonyl (C=O) groups is 2. The average Bonchev–Trinajstić information content (AvgIpc) is 3.05. The normalized spacial score (nSPS) is 18.8.